The molecule has 2 aliphatic rings. The first-order valence-corrected chi connectivity index (χ1v) is 8.24. The van der Waals surface area contributed by atoms with Crippen LogP contribution in [0.1, 0.15) is 52.4 Å². The summed E-state index contributed by atoms with van der Waals surface area (Å²) in [5.41, 5.74) is 0. The Balaban J connectivity index is 1.84. The number of rotatable bonds is 8. The summed E-state index contributed by atoms with van der Waals surface area (Å²) in [6.07, 6.45) is 8.30. The fourth-order valence-electron chi connectivity index (χ4n) is 3.67. The highest BCUT2D eigenvalue weighted by Gasteiger charge is 2.36. The van der Waals surface area contributed by atoms with Crippen molar-refractivity contribution in [1.82, 2.24) is 10.2 Å². The topological polar surface area (TPSA) is 24.5 Å². The molecule has 3 heteroatoms. The fraction of sp³-hybridized carbons (Fsp3) is 1.00. The van der Waals surface area contributed by atoms with Gasteiger partial charge in [-0.1, -0.05) is 6.92 Å². The second kappa shape index (κ2) is 7.61. The van der Waals surface area contributed by atoms with Gasteiger partial charge in [-0.3, -0.25) is 4.90 Å². The largest absolute Gasteiger partial charge is 0.383 e. The SMILES string of the molecule is CCNC1CCC(N(CCOC)C(C)C2CC2)CC1. The van der Waals surface area contributed by atoms with E-state index >= 15 is 0 Å². The van der Waals surface area contributed by atoms with Gasteiger partial charge in [0.1, 0.15) is 0 Å². The molecule has 19 heavy (non-hydrogen) atoms. The van der Waals surface area contributed by atoms with E-state index in [9.17, 15) is 0 Å². The van der Waals surface area contributed by atoms with Crippen LogP contribution in [0, 0.1) is 5.92 Å². The van der Waals surface area contributed by atoms with E-state index in [4.69, 9.17) is 4.74 Å². The van der Waals surface area contributed by atoms with Crippen LogP contribution in [0.3, 0.4) is 0 Å². The van der Waals surface area contributed by atoms with Crippen LogP contribution in [0.4, 0.5) is 0 Å². The molecular weight excluding hydrogens is 236 g/mol. The van der Waals surface area contributed by atoms with Gasteiger partial charge in [0.05, 0.1) is 6.61 Å². The Kier molecular flexibility index (Phi) is 6.11. The zero-order valence-corrected chi connectivity index (χ0v) is 13.0. The molecular formula is C16H32N2O. The zero-order chi connectivity index (χ0) is 13.7. The molecule has 0 aromatic rings. The Hall–Kier alpha value is -0.120. The summed E-state index contributed by atoms with van der Waals surface area (Å²) in [6.45, 7) is 7.76. The standard InChI is InChI=1S/C16H32N2O/c1-4-17-15-7-9-16(10-8-15)18(11-12-19-3)13(2)14-5-6-14/h13-17H,4-12H2,1-3H3. The van der Waals surface area contributed by atoms with Crippen molar-refractivity contribution < 1.29 is 4.74 Å². The van der Waals surface area contributed by atoms with Crippen molar-refractivity contribution in [3.05, 3.63) is 0 Å². The normalized spacial score (nSPS) is 29.7. The highest BCUT2D eigenvalue weighted by atomic mass is 16.5. The fourth-order valence-corrected chi connectivity index (χ4v) is 3.67. The second-order valence-corrected chi connectivity index (χ2v) is 6.37. The van der Waals surface area contributed by atoms with E-state index in [-0.39, 0.29) is 0 Å². The molecule has 0 bridgehead atoms. The third kappa shape index (κ3) is 4.44. The van der Waals surface area contributed by atoms with E-state index in [2.05, 4.69) is 24.1 Å². The van der Waals surface area contributed by atoms with E-state index in [0.29, 0.717) is 0 Å². The van der Waals surface area contributed by atoms with Crippen molar-refractivity contribution in [1.29, 1.82) is 0 Å². The van der Waals surface area contributed by atoms with E-state index in [1.165, 1.54) is 38.5 Å². The molecule has 0 spiro atoms. The Morgan fingerprint density at radius 1 is 1.16 bits per heavy atom. The highest BCUT2D eigenvalue weighted by Crippen LogP contribution is 2.37. The van der Waals surface area contributed by atoms with Crippen LogP contribution in [0.2, 0.25) is 0 Å². The maximum absolute atomic E-state index is 5.32. The van der Waals surface area contributed by atoms with E-state index in [1.807, 2.05) is 7.11 Å². The van der Waals surface area contributed by atoms with Crippen molar-refractivity contribution in [3.8, 4) is 0 Å². The van der Waals surface area contributed by atoms with Gasteiger partial charge in [0.25, 0.3) is 0 Å². The first-order chi connectivity index (χ1) is 9.26. The molecule has 1 atom stereocenters. The minimum Gasteiger partial charge on any atom is -0.383 e. The molecule has 2 rings (SSSR count). The van der Waals surface area contributed by atoms with Crippen LogP contribution in [-0.2, 0) is 4.74 Å². The first kappa shape index (κ1) is 15.3. The summed E-state index contributed by atoms with van der Waals surface area (Å²) in [4.78, 5) is 2.75. The highest BCUT2D eigenvalue weighted by molar-refractivity contribution is 4.91. The third-order valence-corrected chi connectivity index (χ3v) is 5.04. The van der Waals surface area contributed by atoms with Gasteiger partial charge in [-0.25, -0.2) is 0 Å². The maximum Gasteiger partial charge on any atom is 0.0589 e. The molecule has 0 aliphatic heterocycles. The van der Waals surface area contributed by atoms with Crippen molar-refractivity contribution in [2.75, 3.05) is 26.8 Å². The van der Waals surface area contributed by atoms with Gasteiger partial charge in [-0.05, 0) is 57.9 Å². The summed E-state index contributed by atoms with van der Waals surface area (Å²) >= 11 is 0. The quantitative estimate of drug-likeness (QED) is 0.732. The van der Waals surface area contributed by atoms with Crippen LogP contribution in [0.15, 0.2) is 0 Å². The van der Waals surface area contributed by atoms with Crippen molar-refractivity contribution in [2.24, 2.45) is 5.92 Å². The van der Waals surface area contributed by atoms with Gasteiger partial charge in [-0.2, -0.15) is 0 Å². The minimum atomic E-state index is 0.760. The Morgan fingerprint density at radius 3 is 2.37 bits per heavy atom. The van der Waals surface area contributed by atoms with E-state index in [1.54, 1.807) is 0 Å². The van der Waals surface area contributed by atoms with Crippen LogP contribution in [-0.4, -0.2) is 49.8 Å². The monoisotopic (exact) mass is 268 g/mol. The predicted molar refractivity (Wildman–Crippen MR) is 80.5 cm³/mol. The summed E-state index contributed by atoms with van der Waals surface area (Å²) in [5, 5.41) is 3.61. The van der Waals surface area contributed by atoms with Crippen molar-refractivity contribution in [3.63, 3.8) is 0 Å². The smallest absolute Gasteiger partial charge is 0.0589 e. The molecule has 0 saturated heterocycles. The molecule has 2 aliphatic carbocycles. The van der Waals surface area contributed by atoms with Gasteiger partial charge < -0.3 is 10.1 Å². The Morgan fingerprint density at radius 2 is 1.84 bits per heavy atom. The first-order valence-electron chi connectivity index (χ1n) is 8.24. The molecule has 2 saturated carbocycles. The molecule has 1 unspecified atom stereocenters. The van der Waals surface area contributed by atoms with Crippen LogP contribution >= 0.6 is 0 Å². The van der Waals surface area contributed by atoms with Crippen molar-refractivity contribution in [2.45, 2.75) is 70.5 Å². The average molecular weight is 268 g/mol. The minimum absolute atomic E-state index is 0.760. The van der Waals surface area contributed by atoms with Gasteiger partial charge in [-0.15, -0.1) is 0 Å². The average Bonchev–Trinajstić information content (AvgIpc) is 3.25. The molecule has 0 radical (unpaired) electrons. The van der Waals surface area contributed by atoms with Gasteiger partial charge >= 0.3 is 0 Å². The molecule has 112 valence electrons. The maximum atomic E-state index is 5.32. The Bertz CT molecular complexity index is 247. The molecule has 0 heterocycles. The lowest BCUT2D eigenvalue weighted by Crippen LogP contribution is -2.48. The number of nitrogens with one attached hydrogen (secondary N) is 1. The summed E-state index contributed by atoms with van der Waals surface area (Å²) in [5.74, 6) is 0.961. The number of hydrogen-bond acceptors (Lipinski definition) is 3. The Labute approximate surface area is 119 Å². The number of hydrogen-bond donors (Lipinski definition) is 1. The molecule has 2 fully saturated rings. The number of methoxy groups -OCH3 is 1. The lowest BCUT2D eigenvalue weighted by molar-refractivity contribution is 0.0602. The summed E-state index contributed by atoms with van der Waals surface area (Å²) in [7, 11) is 1.82. The second-order valence-electron chi connectivity index (χ2n) is 6.37. The van der Waals surface area contributed by atoms with Gasteiger partial charge in [0, 0.05) is 31.8 Å². The van der Waals surface area contributed by atoms with Crippen LogP contribution in [0.5, 0.6) is 0 Å². The molecule has 3 nitrogen and oxygen atoms in total. The molecule has 0 aromatic heterocycles. The summed E-state index contributed by atoms with van der Waals surface area (Å²) in [6, 6.07) is 2.32. The molecule has 0 amide bonds. The molecule has 0 aromatic carbocycles. The van der Waals surface area contributed by atoms with E-state index in [0.717, 1.165) is 43.7 Å². The number of ether oxygens (including phenoxy) is 1. The summed E-state index contributed by atoms with van der Waals surface area (Å²) < 4.78 is 5.32. The molecule has 1 N–H and O–H groups in total. The van der Waals surface area contributed by atoms with Crippen molar-refractivity contribution >= 4 is 0 Å². The number of nitrogens with zero attached hydrogens (tertiary/aromatic N) is 1. The van der Waals surface area contributed by atoms with E-state index < -0.39 is 0 Å². The van der Waals surface area contributed by atoms with Gasteiger partial charge in [0.15, 0.2) is 0 Å². The zero-order valence-electron chi connectivity index (χ0n) is 13.0. The lowest BCUT2D eigenvalue weighted by atomic mass is 9.89. The predicted octanol–water partition coefficient (Wildman–Crippen LogP) is 2.65. The third-order valence-electron chi connectivity index (χ3n) is 5.04. The lowest BCUT2D eigenvalue weighted by Gasteiger charge is -2.40. The van der Waals surface area contributed by atoms with Crippen LogP contribution in [0.25, 0.3) is 0 Å². The van der Waals surface area contributed by atoms with Crippen LogP contribution < -0.4 is 5.32 Å². The van der Waals surface area contributed by atoms with Gasteiger partial charge in [0.2, 0.25) is 0 Å².